The van der Waals surface area contributed by atoms with Gasteiger partial charge in [-0.1, -0.05) is 54.1 Å². The smallest absolute Gasteiger partial charge is 0.0952 e. The molecule has 1 unspecified atom stereocenters. The molecule has 0 aromatic heterocycles. The monoisotopic (exact) mass is 281 g/mol. The first-order valence-corrected chi connectivity index (χ1v) is 7.73. The molecule has 2 aromatic carbocycles. The van der Waals surface area contributed by atoms with Gasteiger partial charge < -0.3 is 10.1 Å². The highest BCUT2D eigenvalue weighted by Gasteiger charge is 2.20. The molecule has 2 atom stereocenters. The molecule has 0 spiro atoms. The second kappa shape index (κ2) is 6.42. The Kier molecular flexibility index (Phi) is 4.37. The largest absolute Gasteiger partial charge is 0.372 e. The molecule has 0 bridgehead atoms. The van der Waals surface area contributed by atoms with Gasteiger partial charge in [0.15, 0.2) is 0 Å². The van der Waals surface area contributed by atoms with Crippen LogP contribution in [0.3, 0.4) is 0 Å². The highest BCUT2D eigenvalue weighted by atomic mass is 16.5. The Labute approximate surface area is 127 Å². The first kappa shape index (κ1) is 14.3. The molecule has 21 heavy (non-hydrogen) atoms. The van der Waals surface area contributed by atoms with E-state index in [1.807, 2.05) is 0 Å². The van der Waals surface area contributed by atoms with E-state index in [2.05, 4.69) is 67.7 Å². The van der Waals surface area contributed by atoms with E-state index in [4.69, 9.17) is 4.74 Å². The van der Waals surface area contributed by atoms with Gasteiger partial charge >= 0.3 is 0 Å². The molecule has 0 radical (unpaired) electrons. The lowest BCUT2D eigenvalue weighted by molar-refractivity contribution is 0.0410. The molecular weight excluding hydrogens is 258 g/mol. The van der Waals surface area contributed by atoms with Gasteiger partial charge in [0, 0.05) is 12.6 Å². The van der Waals surface area contributed by atoms with E-state index in [1.54, 1.807) is 0 Å². The van der Waals surface area contributed by atoms with Gasteiger partial charge in [0.05, 0.1) is 12.7 Å². The second-order valence-corrected chi connectivity index (χ2v) is 5.85. The summed E-state index contributed by atoms with van der Waals surface area (Å²) in [4.78, 5) is 0. The van der Waals surface area contributed by atoms with E-state index in [9.17, 15) is 0 Å². The molecule has 0 fully saturated rings. The summed E-state index contributed by atoms with van der Waals surface area (Å²) in [6.07, 6.45) is 1.20. The normalized spacial score (nSPS) is 19.0. The summed E-state index contributed by atoms with van der Waals surface area (Å²) in [5.41, 5.74) is 5.39. The Morgan fingerprint density at radius 3 is 2.71 bits per heavy atom. The fourth-order valence-corrected chi connectivity index (χ4v) is 2.90. The van der Waals surface area contributed by atoms with Crippen LogP contribution in [-0.4, -0.2) is 13.2 Å². The fraction of sp³-hybridized carbons (Fsp3) is 0.368. The number of aryl methyl sites for hydroxylation is 1. The summed E-state index contributed by atoms with van der Waals surface area (Å²) < 4.78 is 5.95. The maximum atomic E-state index is 5.95. The van der Waals surface area contributed by atoms with Gasteiger partial charge in [0.2, 0.25) is 0 Å². The molecule has 1 heterocycles. The number of hydrogen-bond acceptors (Lipinski definition) is 2. The number of hydrogen-bond donors (Lipinski definition) is 1. The van der Waals surface area contributed by atoms with Crippen molar-refractivity contribution >= 4 is 0 Å². The van der Waals surface area contributed by atoms with Crippen molar-refractivity contribution in [1.82, 2.24) is 5.32 Å². The molecule has 2 nitrogen and oxygen atoms in total. The van der Waals surface area contributed by atoms with Gasteiger partial charge in [-0.2, -0.15) is 0 Å². The fourth-order valence-electron chi connectivity index (χ4n) is 2.90. The molecule has 3 rings (SSSR count). The summed E-state index contributed by atoms with van der Waals surface area (Å²) in [5, 5.41) is 3.60. The molecule has 2 heteroatoms. The van der Waals surface area contributed by atoms with Crippen LogP contribution in [0.1, 0.15) is 41.3 Å². The molecule has 1 aliphatic heterocycles. The predicted molar refractivity (Wildman–Crippen MR) is 86.4 cm³/mol. The lowest BCUT2D eigenvalue weighted by atomic mass is 9.97. The van der Waals surface area contributed by atoms with Crippen LogP contribution in [-0.2, 0) is 11.2 Å². The van der Waals surface area contributed by atoms with Crippen molar-refractivity contribution in [3.63, 3.8) is 0 Å². The number of nitrogens with one attached hydrogen (secondary N) is 1. The summed E-state index contributed by atoms with van der Waals surface area (Å²) in [5.74, 6) is 0. The standard InChI is InChI=1S/C19H23NO/c1-14-7-9-16(10-8-14)15(2)20-13-19-18-6-4-3-5-17(18)11-12-21-19/h3-10,15,19-20H,11-13H2,1-2H3/t15-,19?/m1/s1. The van der Waals surface area contributed by atoms with Gasteiger partial charge in [-0.15, -0.1) is 0 Å². The van der Waals surface area contributed by atoms with Crippen molar-refractivity contribution in [3.05, 3.63) is 70.8 Å². The topological polar surface area (TPSA) is 21.3 Å². The lowest BCUT2D eigenvalue weighted by Gasteiger charge is -2.27. The van der Waals surface area contributed by atoms with Crippen LogP contribution in [0.25, 0.3) is 0 Å². The lowest BCUT2D eigenvalue weighted by Crippen LogP contribution is -2.29. The third kappa shape index (κ3) is 3.34. The zero-order valence-electron chi connectivity index (χ0n) is 12.8. The van der Waals surface area contributed by atoms with Crippen molar-refractivity contribution in [2.75, 3.05) is 13.2 Å². The minimum absolute atomic E-state index is 0.169. The summed E-state index contributed by atoms with van der Waals surface area (Å²) in [6.45, 7) is 6.00. The van der Waals surface area contributed by atoms with Crippen LogP contribution in [0.5, 0.6) is 0 Å². The maximum absolute atomic E-state index is 5.95. The Bertz CT molecular complexity index is 591. The average Bonchev–Trinajstić information content (AvgIpc) is 2.53. The Hall–Kier alpha value is -1.64. The van der Waals surface area contributed by atoms with E-state index in [0.29, 0.717) is 6.04 Å². The zero-order valence-corrected chi connectivity index (χ0v) is 12.8. The molecule has 1 N–H and O–H groups in total. The Morgan fingerprint density at radius 2 is 1.90 bits per heavy atom. The third-order valence-electron chi connectivity index (χ3n) is 4.28. The third-order valence-corrected chi connectivity index (χ3v) is 4.28. The number of ether oxygens (including phenoxy) is 1. The van der Waals surface area contributed by atoms with Crippen LogP contribution in [0.4, 0.5) is 0 Å². The van der Waals surface area contributed by atoms with Crippen molar-refractivity contribution in [3.8, 4) is 0 Å². The maximum Gasteiger partial charge on any atom is 0.0952 e. The summed E-state index contributed by atoms with van der Waals surface area (Å²) >= 11 is 0. The van der Waals surface area contributed by atoms with Crippen molar-refractivity contribution < 1.29 is 4.74 Å². The van der Waals surface area contributed by atoms with E-state index >= 15 is 0 Å². The molecule has 0 saturated heterocycles. The van der Waals surface area contributed by atoms with E-state index in [-0.39, 0.29) is 6.10 Å². The number of benzene rings is 2. The molecule has 1 aliphatic rings. The van der Waals surface area contributed by atoms with Gasteiger partial charge in [0.25, 0.3) is 0 Å². The zero-order chi connectivity index (χ0) is 14.7. The molecule has 0 saturated carbocycles. The molecule has 110 valence electrons. The molecule has 0 aliphatic carbocycles. The van der Waals surface area contributed by atoms with Crippen molar-refractivity contribution in [2.24, 2.45) is 0 Å². The first-order valence-electron chi connectivity index (χ1n) is 7.73. The van der Waals surface area contributed by atoms with E-state index in [0.717, 1.165) is 19.6 Å². The quantitative estimate of drug-likeness (QED) is 0.916. The van der Waals surface area contributed by atoms with Gasteiger partial charge in [-0.3, -0.25) is 0 Å². The highest BCUT2D eigenvalue weighted by molar-refractivity contribution is 5.31. The molecule has 0 amide bonds. The van der Waals surface area contributed by atoms with Crippen LogP contribution >= 0.6 is 0 Å². The van der Waals surface area contributed by atoms with Gasteiger partial charge in [-0.25, -0.2) is 0 Å². The second-order valence-electron chi connectivity index (χ2n) is 5.85. The predicted octanol–water partition coefficient (Wildman–Crippen LogP) is 3.96. The van der Waals surface area contributed by atoms with Gasteiger partial charge in [-0.05, 0) is 37.0 Å². The number of fused-ring (bicyclic) bond motifs is 1. The summed E-state index contributed by atoms with van der Waals surface area (Å²) in [6, 6.07) is 17.7. The molecular formula is C19H23NO. The first-order chi connectivity index (χ1) is 10.2. The minimum atomic E-state index is 0.169. The number of rotatable bonds is 4. The van der Waals surface area contributed by atoms with Gasteiger partial charge in [0.1, 0.15) is 0 Å². The van der Waals surface area contributed by atoms with Crippen LogP contribution in [0.2, 0.25) is 0 Å². The Balaban J connectivity index is 1.64. The van der Waals surface area contributed by atoms with Crippen LogP contribution in [0, 0.1) is 6.92 Å². The van der Waals surface area contributed by atoms with Crippen molar-refractivity contribution in [2.45, 2.75) is 32.4 Å². The Morgan fingerprint density at radius 1 is 1.14 bits per heavy atom. The minimum Gasteiger partial charge on any atom is -0.372 e. The van der Waals surface area contributed by atoms with E-state index in [1.165, 1.54) is 22.3 Å². The highest BCUT2D eigenvalue weighted by Crippen LogP contribution is 2.27. The summed E-state index contributed by atoms with van der Waals surface area (Å²) in [7, 11) is 0. The SMILES string of the molecule is Cc1ccc([C@@H](C)NCC2OCCc3ccccc32)cc1. The van der Waals surface area contributed by atoms with E-state index < -0.39 is 0 Å². The van der Waals surface area contributed by atoms with Crippen molar-refractivity contribution in [1.29, 1.82) is 0 Å². The average molecular weight is 281 g/mol. The molecule has 2 aromatic rings. The van der Waals surface area contributed by atoms with Crippen LogP contribution < -0.4 is 5.32 Å². The van der Waals surface area contributed by atoms with Crippen LogP contribution in [0.15, 0.2) is 48.5 Å².